The van der Waals surface area contributed by atoms with Crippen molar-refractivity contribution in [2.75, 3.05) is 25.0 Å². The molecule has 2 N–H and O–H groups in total. The minimum atomic E-state index is -1.14. The van der Waals surface area contributed by atoms with Crippen molar-refractivity contribution < 1.29 is 19.1 Å². The fourth-order valence-corrected chi connectivity index (χ4v) is 8.07. The molecule has 0 unspecified atom stereocenters. The van der Waals surface area contributed by atoms with Crippen LogP contribution in [-0.2, 0) is 19.1 Å². The van der Waals surface area contributed by atoms with Gasteiger partial charge in [0, 0.05) is 35.9 Å². The summed E-state index contributed by atoms with van der Waals surface area (Å²) in [5.74, 6) is -2.06. The highest BCUT2D eigenvalue weighted by Crippen LogP contribution is 2.55. The molecule has 3 saturated heterocycles. The molecule has 4 aliphatic heterocycles. The molecule has 0 aromatic heterocycles. The van der Waals surface area contributed by atoms with E-state index in [1.165, 1.54) is 19.3 Å². The Morgan fingerprint density at radius 2 is 1.88 bits per heavy atom. The number of nitrogens with one attached hydrogen (secondary N) is 2. The van der Waals surface area contributed by atoms with Crippen molar-refractivity contribution in [3.05, 3.63) is 41.4 Å². The lowest BCUT2D eigenvalue weighted by Crippen LogP contribution is -2.57. The number of nitrogens with zero attached hydrogens (tertiary/aromatic N) is 2. The molecule has 9 heteroatoms. The topological polar surface area (TPSA) is 91.0 Å². The number of ether oxygens (including phenoxy) is 1. The second-order valence-electron chi connectivity index (χ2n) is 12.2. The Morgan fingerprint density at radius 3 is 2.65 bits per heavy atom. The number of carbonyl (C=O) groups is 3. The van der Waals surface area contributed by atoms with E-state index in [2.05, 4.69) is 22.5 Å². The van der Waals surface area contributed by atoms with Crippen LogP contribution in [0.2, 0.25) is 5.02 Å². The lowest BCUT2D eigenvalue weighted by atomic mass is 9.74. The molecule has 2 bridgehead atoms. The quantitative estimate of drug-likeness (QED) is 0.460. The van der Waals surface area contributed by atoms with Gasteiger partial charge in [-0.05, 0) is 56.8 Å². The molecule has 1 aromatic carbocycles. The van der Waals surface area contributed by atoms with Crippen molar-refractivity contribution in [1.82, 2.24) is 15.1 Å². The number of piperidine rings is 1. The van der Waals surface area contributed by atoms with Gasteiger partial charge in [0.2, 0.25) is 17.7 Å². The zero-order chi connectivity index (χ0) is 27.9. The summed E-state index contributed by atoms with van der Waals surface area (Å²) in [5.41, 5.74) is -0.564. The molecule has 6 rings (SSSR count). The van der Waals surface area contributed by atoms with Gasteiger partial charge in [0.1, 0.15) is 11.6 Å². The van der Waals surface area contributed by atoms with E-state index in [1.807, 2.05) is 12.2 Å². The predicted octanol–water partition coefficient (Wildman–Crippen LogP) is 4.14. The standard InChI is InChI=1S/C31H41ClN4O4/c1-2-23-13-6-7-16-35(23)17-18-36-27(29(38)33-21-10-4-3-5-11-21)31-15-14-24(40-31)25(26(31)30(36)39)28(37)34-22-12-8-9-20(32)19-22/h8-9,12,14-15,19,21,23-27H,2-7,10-11,13,16-18H2,1H3,(H,33,38)(H,34,37)/t23-,24+,25-,26+,27-,31+/m1/s1. The first-order valence-electron chi connectivity index (χ1n) is 15.2. The van der Waals surface area contributed by atoms with E-state index in [-0.39, 0.29) is 23.8 Å². The van der Waals surface area contributed by atoms with Crippen LogP contribution >= 0.6 is 11.6 Å². The number of benzene rings is 1. The van der Waals surface area contributed by atoms with Gasteiger partial charge in [0.15, 0.2) is 0 Å². The maximum absolute atomic E-state index is 14.2. The van der Waals surface area contributed by atoms with Gasteiger partial charge in [-0.25, -0.2) is 0 Å². The van der Waals surface area contributed by atoms with Gasteiger partial charge in [-0.15, -0.1) is 0 Å². The summed E-state index contributed by atoms with van der Waals surface area (Å²) in [6.07, 6.45) is 13.2. The highest BCUT2D eigenvalue weighted by Gasteiger charge is 2.72. The van der Waals surface area contributed by atoms with Crippen molar-refractivity contribution >= 4 is 35.0 Å². The average molecular weight is 569 g/mol. The van der Waals surface area contributed by atoms with Crippen LogP contribution in [0.15, 0.2) is 36.4 Å². The van der Waals surface area contributed by atoms with Crippen LogP contribution < -0.4 is 10.6 Å². The van der Waals surface area contributed by atoms with E-state index in [0.29, 0.717) is 29.8 Å². The highest BCUT2D eigenvalue weighted by molar-refractivity contribution is 6.30. The van der Waals surface area contributed by atoms with Gasteiger partial charge in [-0.2, -0.15) is 0 Å². The average Bonchev–Trinajstić information content (AvgIpc) is 3.60. The summed E-state index contributed by atoms with van der Waals surface area (Å²) in [5, 5.41) is 6.74. The van der Waals surface area contributed by atoms with Crippen molar-refractivity contribution in [3.63, 3.8) is 0 Å². The Hall–Kier alpha value is -2.42. The largest absolute Gasteiger partial charge is 0.359 e. The van der Waals surface area contributed by atoms with Crippen LogP contribution in [0.25, 0.3) is 0 Å². The lowest BCUT2D eigenvalue weighted by molar-refractivity contribution is -0.141. The molecule has 1 aromatic rings. The first-order valence-corrected chi connectivity index (χ1v) is 15.6. The Kier molecular flexibility index (Phi) is 7.94. The predicted molar refractivity (Wildman–Crippen MR) is 154 cm³/mol. The van der Waals surface area contributed by atoms with E-state index in [9.17, 15) is 14.4 Å². The number of amides is 3. The number of likely N-dealkylation sites (tertiary alicyclic amines) is 2. The van der Waals surface area contributed by atoms with E-state index in [0.717, 1.165) is 45.1 Å². The van der Waals surface area contributed by atoms with Gasteiger partial charge in [-0.3, -0.25) is 19.3 Å². The monoisotopic (exact) mass is 568 g/mol. The Morgan fingerprint density at radius 1 is 1.07 bits per heavy atom. The highest BCUT2D eigenvalue weighted by atomic mass is 35.5. The van der Waals surface area contributed by atoms with Crippen molar-refractivity contribution in [3.8, 4) is 0 Å². The molecule has 6 atom stereocenters. The molecular weight excluding hydrogens is 528 g/mol. The molecule has 3 amide bonds. The summed E-state index contributed by atoms with van der Waals surface area (Å²) >= 11 is 6.14. The van der Waals surface area contributed by atoms with Gasteiger partial charge >= 0.3 is 0 Å². The summed E-state index contributed by atoms with van der Waals surface area (Å²) in [4.78, 5) is 46.1. The molecule has 8 nitrogen and oxygen atoms in total. The van der Waals surface area contributed by atoms with E-state index >= 15 is 0 Å². The second kappa shape index (κ2) is 11.5. The second-order valence-corrected chi connectivity index (χ2v) is 12.6. The molecule has 1 aliphatic carbocycles. The van der Waals surface area contributed by atoms with Crippen LogP contribution in [-0.4, -0.2) is 77.0 Å². The summed E-state index contributed by atoms with van der Waals surface area (Å²) < 4.78 is 6.50. The Labute approximate surface area is 241 Å². The normalized spacial score (nSPS) is 33.8. The molecule has 216 valence electrons. The van der Waals surface area contributed by atoms with Crippen molar-refractivity contribution in [1.29, 1.82) is 0 Å². The Bertz CT molecular complexity index is 1170. The maximum atomic E-state index is 14.2. The lowest BCUT2D eigenvalue weighted by Gasteiger charge is -2.38. The van der Waals surface area contributed by atoms with Crippen LogP contribution in [0, 0.1) is 11.8 Å². The molecular formula is C31H41ClN4O4. The fraction of sp³-hybridized carbons (Fsp3) is 0.645. The molecule has 40 heavy (non-hydrogen) atoms. The molecule has 5 aliphatic rings. The first kappa shape index (κ1) is 27.7. The van der Waals surface area contributed by atoms with Crippen molar-refractivity contribution in [2.45, 2.75) is 94.5 Å². The molecule has 4 heterocycles. The molecule has 1 saturated carbocycles. The number of anilines is 1. The fourth-order valence-electron chi connectivity index (χ4n) is 7.88. The number of hydrogen-bond acceptors (Lipinski definition) is 5. The third kappa shape index (κ3) is 4.96. The van der Waals surface area contributed by atoms with Gasteiger partial charge < -0.3 is 20.3 Å². The summed E-state index contributed by atoms with van der Waals surface area (Å²) in [7, 11) is 0. The summed E-state index contributed by atoms with van der Waals surface area (Å²) in [6.45, 7) is 4.39. The van der Waals surface area contributed by atoms with Gasteiger partial charge in [-0.1, -0.05) is 62.4 Å². The third-order valence-corrected chi connectivity index (χ3v) is 10.1. The number of halogens is 1. The van der Waals surface area contributed by atoms with Crippen molar-refractivity contribution in [2.24, 2.45) is 11.8 Å². The van der Waals surface area contributed by atoms with Gasteiger partial charge in [0.25, 0.3) is 0 Å². The number of hydrogen-bond donors (Lipinski definition) is 2. The zero-order valence-electron chi connectivity index (χ0n) is 23.3. The Balaban J connectivity index is 1.27. The molecule has 4 fully saturated rings. The zero-order valence-corrected chi connectivity index (χ0v) is 24.1. The number of carbonyl (C=O) groups excluding carboxylic acids is 3. The SMILES string of the molecule is CC[C@@H]1CCCCN1CCN1C(=O)[C@@H]2[C@H](C(=O)Nc3cccc(Cl)c3)[C@@H]3C=C[C@@]2(O3)[C@H]1C(=O)NC1CCCCC1. The smallest absolute Gasteiger partial charge is 0.246 e. The van der Waals surface area contributed by atoms with Gasteiger partial charge in [0.05, 0.1) is 17.9 Å². The summed E-state index contributed by atoms with van der Waals surface area (Å²) in [6, 6.07) is 6.80. The number of rotatable bonds is 8. The minimum Gasteiger partial charge on any atom is -0.359 e. The maximum Gasteiger partial charge on any atom is 0.246 e. The van der Waals surface area contributed by atoms with E-state index in [1.54, 1.807) is 29.2 Å². The minimum absolute atomic E-state index is 0.115. The first-order chi connectivity index (χ1) is 19.4. The van der Waals surface area contributed by atoms with Crippen LogP contribution in [0.5, 0.6) is 0 Å². The van der Waals surface area contributed by atoms with E-state index in [4.69, 9.17) is 16.3 Å². The van der Waals surface area contributed by atoms with Crippen LogP contribution in [0.3, 0.4) is 0 Å². The van der Waals surface area contributed by atoms with Crippen LogP contribution in [0.1, 0.15) is 64.7 Å². The van der Waals surface area contributed by atoms with Crippen LogP contribution in [0.4, 0.5) is 5.69 Å². The molecule has 0 radical (unpaired) electrons. The van der Waals surface area contributed by atoms with E-state index < -0.39 is 29.6 Å². The number of fused-ring (bicyclic) bond motifs is 1. The molecule has 1 spiro atoms. The third-order valence-electron chi connectivity index (χ3n) is 9.82.